The quantitative estimate of drug-likeness (QED) is 0.156. The molecule has 3 aromatic carbocycles. The molecule has 9 rings (SSSR count). The maximum Gasteiger partial charge on any atom is 0.192 e. The van der Waals surface area contributed by atoms with Crippen molar-refractivity contribution in [2.75, 3.05) is 46.8 Å². The Morgan fingerprint density at radius 1 is 0.516 bits per heavy atom. The van der Waals surface area contributed by atoms with E-state index in [1.807, 2.05) is 16.4 Å². The molecule has 0 amide bonds. The zero-order chi connectivity index (χ0) is 46.5. The van der Waals surface area contributed by atoms with Gasteiger partial charge in [0.1, 0.15) is 4.60 Å². The van der Waals surface area contributed by atoms with Gasteiger partial charge in [0.05, 0.1) is 5.03 Å². The number of fused-ring (bicyclic) bond motifs is 3. The Morgan fingerprint density at radius 2 is 0.844 bits per heavy atom. The molecule has 14 heteroatoms. The smallest absolute Gasteiger partial charge is 0.192 e. The molecule has 0 aliphatic carbocycles. The Hall–Kier alpha value is -4.53. The molecule has 6 heterocycles. The Morgan fingerprint density at radius 3 is 1.23 bits per heavy atom. The first kappa shape index (κ1) is 47.4. The molecule has 3 aliphatic heterocycles. The molecule has 342 valence electrons. The molecule has 3 aliphatic rings. The fraction of sp³-hybridized carbons (Fsp3) is 0.460. The summed E-state index contributed by atoms with van der Waals surface area (Å²) < 4.78 is 30.8. The highest BCUT2D eigenvalue weighted by molar-refractivity contribution is 9.10. The van der Waals surface area contributed by atoms with Crippen molar-refractivity contribution in [2.45, 2.75) is 111 Å². The number of anilines is 6. The number of aromatic nitrogens is 6. The van der Waals surface area contributed by atoms with Gasteiger partial charge in [0.25, 0.3) is 0 Å². The number of nitrogens with zero attached hydrogens (tertiary/aromatic N) is 9. The van der Waals surface area contributed by atoms with E-state index in [2.05, 4.69) is 148 Å². The van der Waals surface area contributed by atoms with Gasteiger partial charge in [-0.1, -0.05) is 53.1 Å². The van der Waals surface area contributed by atoms with Gasteiger partial charge in [0.2, 0.25) is 0 Å². The van der Waals surface area contributed by atoms with E-state index in [0.717, 1.165) is 78.6 Å². The number of sulfone groups is 1. The van der Waals surface area contributed by atoms with Gasteiger partial charge >= 0.3 is 0 Å². The monoisotopic (exact) mass is 967 g/mol. The number of thioether (sulfide) groups is 1. The second-order valence-corrected chi connectivity index (χ2v) is 21.6. The first-order valence-electron chi connectivity index (χ1n) is 22.3. The van der Waals surface area contributed by atoms with Crippen LogP contribution in [0.4, 0.5) is 34.5 Å². The Bertz CT molecular complexity index is 2790. The third kappa shape index (κ3) is 9.16. The fourth-order valence-electron chi connectivity index (χ4n) is 10.6. The van der Waals surface area contributed by atoms with E-state index in [-0.39, 0.29) is 0 Å². The molecule has 0 N–H and O–H groups in total. The first-order valence-corrected chi connectivity index (χ1v) is 26.3. The minimum atomic E-state index is -3.29. The highest BCUT2D eigenvalue weighted by Crippen LogP contribution is 2.42. The summed E-state index contributed by atoms with van der Waals surface area (Å²) in [6.45, 7) is 22.4. The van der Waals surface area contributed by atoms with Crippen LogP contribution in [0.1, 0.15) is 86.0 Å². The van der Waals surface area contributed by atoms with Gasteiger partial charge < -0.3 is 14.7 Å². The summed E-state index contributed by atoms with van der Waals surface area (Å²) in [5, 5.41) is 15.7. The summed E-state index contributed by atoms with van der Waals surface area (Å²) in [6, 6.07) is 13.4. The van der Waals surface area contributed by atoms with Gasteiger partial charge in [0, 0.05) is 80.8 Å². The highest BCUT2D eigenvalue weighted by Gasteiger charge is 2.32. The molecule has 0 radical (unpaired) electrons. The van der Waals surface area contributed by atoms with Crippen molar-refractivity contribution < 1.29 is 8.42 Å². The van der Waals surface area contributed by atoms with E-state index >= 15 is 0 Å². The van der Waals surface area contributed by atoms with Crippen LogP contribution in [0, 0.1) is 62.3 Å². The number of benzene rings is 3. The van der Waals surface area contributed by atoms with Gasteiger partial charge in [-0.05, 0) is 156 Å². The van der Waals surface area contributed by atoms with Crippen LogP contribution in [0.25, 0.3) is 0 Å². The van der Waals surface area contributed by atoms with Crippen molar-refractivity contribution in [3.63, 3.8) is 0 Å². The van der Waals surface area contributed by atoms with E-state index in [4.69, 9.17) is 10.2 Å². The third-order valence-electron chi connectivity index (χ3n) is 12.6. The zero-order valence-electron chi connectivity index (χ0n) is 40.4. The lowest BCUT2D eigenvalue weighted by molar-refractivity contribution is 0.580. The van der Waals surface area contributed by atoms with E-state index in [0.29, 0.717) is 5.03 Å². The molecule has 11 nitrogen and oxygen atoms in total. The Kier molecular flexibility index (Phi) is 13.9. The Labute approximate surface area is 394 Å². The lowest BCUT2D eigenvalue weighted by Crippen LogP contribution is -2.26. The summed E-state index contributed by atoms with van der Waals surface area (Å²) in [7, 11) is 2.47. The molecule has 0 bridgehead atoms. The van der Waals surface area contributed by atoms with Crippen LogP contribution in [0.15, 0.2) is 51.1 Å². The average molecular weight is 969 g/mol. The second-order valence-electron chi connectivity index (χ2n) is 18.2. The van der Waals surface area contributed by atoms with E-state index < -0.39 is 9.84 Å². The summed E-state index contributed by atoms with van der Waals surface area (Å²) >= 11 is 5.46. The van der Waals surface area contributed by atoms with Crippen molar-refractivity contribution in [3.8, 4) is 0 Å². The first-order chi connectivity index (χ1) is 30.2. The number of halogens is 1. The van der Waals surface area contributed by atoms with Crippen LogP contribution in [0.3, 0.4) is 0 Å². The minimum Gasteiger partial charge on any atom is -0.324 e. The summed E-state index contributed by atoms with van der Waals surface area (Å²) in [5.74, 6) is 3.05. The fourth-order valence-corrected chi connectivity index (χ4v) is 13.0. The Balaban J connectivity index is 0.000000144. The standard InChI is InChI=1S/C17H23N3O2S.C17H23N3S.C16H20BrN3/c1-11-9-12(2)15(13(3)10-11)20-8-6-7-14-16(20)18-19(4)17(14)23(5,21)22;1-11-9-12(2)15(13(3)10-11)20-8-6-7-14-16(20)18-19(4)17(14)21-5;1-10-8-11(2)14(12(3)9-10)20-7-5-6-13-15(17)19(4)18-16(13)20/h9-10H,6-8H2,1-5H3;9-10H,6-8H2,1-5H3;8-9H,5-7H2,1-4H3. The van der Waals surface area contributed by atoms with Crippen LogP contribution < -0.4 is 14.7 Å². The largest absolute Gasteiger partial charge is 0.324 e. The predicted molar refractivity (Wildman–Crippen MR) is 270 cm³/mol. The van der Waals surface area contributed by atoms with E-state index in [1.54, 1.807) is 18.8 Å². The summed E-state index contributed by atoms with van der Waals surface area (Å²) in [6.07, 6.45) is 9.68. The van der Waals surface area contributed by atoms with Gasteiger partial charge in [-0.3, -0.25) is 14.0 Å². The van der Waals surface area contributed by atoms with Crippen molar-refractivity contribution in [2.24, 2.45) is 21.1 Å². The maximum atomic E-state index is 12.1. The molecule has 64 heavy (non-hydrogen) atoms. The minimum absolute atomic E-state index is 0.347. The normalized spacial score (nSPS) is 14.6. The number of hydrogen-bond acceptors (Lipinski definition) is 9. The summed E-state index contributed by atoms with van der Waals surface area (Å²) in [5.41, 5.74) is 19.0. The van der Waals surface area contributed by atoms with Crippen LogP contribution in [-0.4, -0.2) is 69.9 Å². The lowest BCUT2D eigenvalue weighted by atomic mass is 10.0. The predicted octanol–water partition coefficient (Wildman–Crippen LogP) is 11.2. The molecule has 0 spiro atoms. The molecule has 0 atom stereocenters. The zero-order valence-corrected chi connectivity index (χ0v) is 43.6. The lowest BCUT2D eigenvalue weighted by Gasteiger charge is -2.30. The van der Waals surface area contributed by atoms with Crippen molar-refractivity contribution in [1.29, 1.82) is 0 Å². The topological polar surface area (TPSA) is 97.3 Å². The molecular formula is C50H66BrN9O2S2. The number of aryl methyl sites for hydroxylation is 12. The summed E-state index contributed by atoms with van der Waals surface area (Å²) in [4.78, 5) is 6.98. The SMILES string of the molecule is CSc1c2c(nn1C)N(c1c(C)cc(C)cc1C)CCC2.Cc1cc(C)c(N2CCCc3c2nn(C)c3Br)c(C)c1.Cc1cc(C)c(N2CCCc3c2nn(C)c3S(C)(=O)=O)c(C)c1. The van der Waals surface area contributed by atoms with Crippen LogP contribution in [0.2, 0.25) is 0 Å². The van der Waals surface area contributed by atoms with E-state index in [1.165, 1.54) is 101 Å². The second kappa shape index (κ2) is 18.8. The molecule has 0 saturated carbocycles. The van der Waals surface area contributed by atoms with Crippen LogP contribution >= 0.6 is 27.7 Å². The molecule has 3 aromatic heterocycles. The van der Waals surface area contributed by atoms with Gasteiger partial charge in [-0.25, -0.2) is 8.42 Å². The molecule has 0 unspecified atom stereocenters. The third-order valence-corrected chi connectivity index (χ3v) is 15.7. The van der Waals surface area contributed by atoms with Gasteiger partial charge in [-0.2, -0.15) is 15.3 Å². The van der Waals surface area contributed by atoms with Crippen LogP contribution in [0.5, 0.6) is 0 Å². The van der Waals surface area contributed by atoms with Crippen molar-refractivity contribution in [1.82, 2.24) is 29.3 Å². The number of hydrogen-bond donors (Lipinski definition) is 0. The maximum absolute atomic E-state index is 12.1. The van der Waals surface area contributed by atoms with E-state index in [9.17, 15) is 8.42 Å². The molecule has 0 fully saturated rings. The molecule has 6 aromatic rings. The van der Waals surface area contributed by atoms with Gasteiger partial charge in [0.15, 0.2) is 32.3 Å². The van der Waals surface area contributed by atoms with Crippen molar-refractivity contribution in [3.05, 3.63) is 108 Å². The molecular weight excluding hydrogens is 903 g/mol. The highest BCUT2D eigenvalue weighted by atomic mass is 79.9. The van der Waals surface area contributed by atoms with Gasteiger partial charge in [-0.15, -0.1) is 11.8 Å². The molecule has 0 saturated heterocycles. The number of rotatable bonds is 5. The van der Waals surface area contributed by atoms with Crippen molar-refractivity contribution >= 4 is 72.0 Å². The van der Waals surface area contributed by atoms with Crippen LogP contribution in [-0.2, 0) is 50.2 Å². The average Bonchev–Trinajstić information content (AvgIpc) is 3.83.